The van der Waals surface area contributed by atoms with Crippen molar-refractivity contribution in [1.29, 1.82) is 0 Å². The Labute approximate surface area is 124 Å². The molecule has 2 rings (SSSR count). The fraction of sp³-hybridized carbons (Fsp3) is 0.400. The maximum absolute atomic E-state index is 12.7. The van der Waals surface area contributed by atoms with Gasteiger partial charge in [0.25, 0.3) is 0 Å². The standard InChI is InChI=1S/C15H16F3NOS/c1-3-21(20)13-5-4-8-19-14(13)12-7-6-11(9-10(12)2)15(16,17)18/h4-10,12H,3H2,1-2H3. The topological polar surface area (TPSA) is 30.0 Å². The first-order valence-corrected chi connectivity index (χ1v) is 7.97. The zero-order valence-electron chi connectivity index (χ0n) is 11.7. The highest BCUT2D eigenvalue weighted by Crippen LogP contribution is 2.38. The highest BCUT2D eigenvalue weighted by Gasteiger charge is 2.35. The highest BCUT2D eigenvalue weighted by molar-refractivity contribution is 7.85. The second kappa shape index (κ2) is 6.13. The molecule has 0 spiro atoms. The Bertz CT molecular complexity index is 607. The number of hydrogen-bond donors (Lipinski definition) is 0. The molecule has 1 aromatic rings. The predicted molar refractivity (Wildman–Crippen MR) is 76.4 cm³/mol. The fourth-order valence-corrected chi connectivity index (χ4v) is 3.32. The van der Waals surface area contributed by atoms with E-state index in [-0.39, 0.29) is 11.8 Å². The summed E-state index contributed by atoms with van der Waals surface area (Å²) in [7, 11) is -1.18. The molecule has 1 aliphatic carbocycles. The number of hydrogen-bond acceptors (Lipinski definition) is 2. The van der Waals surface area contributed by atoms with Crippen LogP contribution in [0.4, 0.5) is 13.2 Å². The van der Waals surface area contributed by atoms with Crippen LogP contribution < -0.4 is 0 Å². The summed E-state index contributed by atoms with van der Waals surface area (Å²) in [5, 5.41) is 0. The molecule has 0 saturated carbocycles. The summed E-state index contributed by atoms with van der Waals surface area (Å²) in [5.74, 6) is -0.190. The average molecular weight is 315 g/mol. The molecular formula is C15H16F3NOS. The van der Waals surface area contributed by atoms with Gasteiger partial charge in [-0.1, -0.05) is 32.1 Å². The highest BCUT2D eigenvalue weighted by atomic mass is 32.2. The minimum absolute atomic E-state index is 0.289. The van der Waals surface area contributed by atoms with Gasteiger partial charge in [0.15, 0.2) is 0 Å². The molecule has 0 amide bonds. The van der Waals surface area contributed by atoms with Crippen molar-refractivity contribution in [1.82, 2.24) is 4.98 Å². The van der Waals surface area contributed by atoms with Crippen LogP contribution in [-0.4, -0.2) is 21.1 Å². The summed E-state index contributed by atoms with van der Waals surface area (Å²) in [5.41, 5.74) is -0.0424. The molecule has 0 fully saturated rings. The van der Waals surface area contributed by atoms with Gasteiger partial charge in [-0.15, -0.1) is 0 Å². The zero-order chi connectivity index (χ0) is 15.6. The Morgan fingerprint density at radius 3 is 2.67 bits per heavy atom. The van der Waals surface area contributed by atoms with Crippen molar-refractivity contribution in [2.45, 2.75) is 30.8 Å². The largest absolute Gasteiger partial charge is 0.416 e. The number of alkyl halides is 3. The van der Waals surface area contributed by atoms with Crippen molar-refractivity contribution < 1.29 is 17.4 Å². The minimum atomic E-state index is -4.34. The van der Waals surface area contributed by atoms with Gasteiger partial charge in [-0.2, -0.15) is 13.2 Å². The molecule has 0 aliphatic heterocycles. The summed E-state index contributed by atoms with van der Waals surface area (Å²) in [6, 6.07) is 3.42. The Kier molecular flexibility index (Phi) is 4.66. The maximum atomic E-state index is 12.7. The number of rotatable bonds is 3. The van der Waals surface area contributed by atoms with Gasteiger partial charge in [-0.3, -0.25) is 9.19 Å². The number of pyridine rings is 1. The summed E-state index contributed by atoms with van der Waals surface area (Å²) in [6.45, 7) is 3.52. The van der Waals surface area contributed by atoms with Crippen LogP contribution in [0.15, 0.2) is 47.0 Å². The molecule has 114 valence electrons. The molecule has 0 N–H and O–H groups in total. The van der Waals surface area contributed by atoms with Crippen LogP contribution in [0, 0.1) is 5.92 Å². The van der Waals surface area contributed by atoms with E-state index in [9.17, 15) is 17.4 Å². The summed E-state index contributed by atoms with van der Waals surface area (Å²) in [4.78, 5) is 4.86. The minimum Gasteiger partial charge on any atom is -0.259 e. The first-order valence-electron chi connectivity index (χ1n) is 6.65. The lowest BCUT2D eigenvalue weighted by Crippen LogP contribution is -2.19. The lowest BCUT2D eigenvalue weighted by atomic mass is 9.84. The SMILES string of the molecule is CCS(=O)c1cccnc1C1C=CC(C(F)(F)F)=CC1C. The van der Waals surface area contributed by atoms with E-state index in [1.54, 1.807) is 32.2 Å². The Balaban J connectivity index is 2.36. The van der Waals surface area contributed by atoms with E-state index in [0.717, 1.165) is 6.08 Å². The molecular weight excluding hydrogens is 299 g/mol. The molecule has 1 aliphatic rings. The van der Waals surface area contributed by atoms with Gasteiger partial charge in [0.2, 0.25) is 0 Å². The summed E-state index contributed by atoms with van der Waals surface area (Å²) in [6.07, 6.45) is 1.03. The molecule has 3 unspecified atom stereocenters. The van der Waals surface area contributed by atoms with E-state index in [4.69, 9.17) is 0 Å². The molecule has 3 atom stereocenters. The molecule has 1 heterocycles. The molecule has 6 heteroatoms. The van der Waals surface area contributed by atoms with Crippen LogP contribution in [0.5, 0.6) is 0 Å². The lowest BCUT2D eigenvalue weighted by molar-refractivity contribution is -0.0889. The van der Waals surface area contributed by atoms with Crippen molar-refractivity contribution in [3.8, 4) is 0 Å². The Hall–Kier alpha value is -1.43. The van der Waals surface area contributed by atoms with Crippen LogP contribution in [0.1, 0.15) is 25.5 Å². The Morgan fingerprint density at radius 1 is 1.38 bits per heavy atom. The van der Waals surface area contributed by atoms with Gasteiger partial charge in [0.05, 0.1) is 27.0 Å². The van der Waals surface area contributed by atoms with Crippen LogP contribution in [0.2, 0.25) is 0 Å². The number of allylic oxidation sites excluding steroid dienone is 4. The van der Waals surface area contributed by atoms with E-state index < -0.39 is 22.5 Å². The normalized spacial score (nSPS) is 23.8. The van der Waals surface area contributed by atoms with Gasteiger partial charge < -0.3 is 0 Å². The monoisotopic (exact) mass is 315 g/mol. The lowest BCUT2D eigenvalue weighted by Gasteiger charge is -2.25. The van der Waals surface area contributed by atoms with Gasteiger partial charge in [0.1, 0.15) is 0 Å². The van der Waals surface area contributed by atoms with E-state index in [0.29, 0.717) is 16.3 Å². The van der Waals surface area contributed by atoms with Crippen molar-refractivity contribution in [3.05, 3.63) is 47.8 Å². The van der Waals surface area contributed by atoms with Gasteiger partial charge in [-0.05, 0) is 18.1 Å². The zero-order valence-corrected chi connectivity index (χ0v) is 12.5. The number of halogens is 3. The van der Waals surface area contributed by atoms with Gasteiger partial charge >= 0.3 is 6.18 Å². The Morgan fingerprint density at radius 2 is 2.10 bits per heavy atom. The van der Waals surface area contributed by atoms with Crippen LogP contribution >= 0.6 is 0 Å². The van der Waals surface area contributed by atoms with Crippen molar-refractivity contribution in [2.24, 2.45) is 5.92 Å². The fourth-order valence-electron chi connectivity index (χ4n) is 2.36. The third-order valence-electron chi connectivity index (χ3n) is 3.44. The molecule has 0 bridgehead atoms. The molecule has 0 aromatic carbocycles. The number of nitrogens with zero attached hydrogens (tertiary/aromatic N) is 1. The molecule has 0 saturated heterocycles. The van der Waals surface area contributed by atoms with E-state index in [1.165, 1.54) is 12.2 Å². The third kappa shape index (κ3) is 3.43. The third-order valence-corrected chi connectivity index (χ3v) is 4.80. The molecule has 21 heavy (non-hydrogen) atoms. The van der Waals surface area contributed by atoms with E-state index >= 15 is 0 Å². The summed E-state index contributed by atoms with van der Waals surface area (Å²) >= 11 is 0. The smallest absolute Gasteiger partial charge is 0.259 e. The van der Waals surface area contributed by atoms with Crippen molar-refractivity contribution in [3.63, 3.8) is 0 Å². The molecule has 1 aromatic heterocycles. The average Bonchev–Trinajstić information content (AvgIpc) is 2.45. The van der Waals surface area contributed by atoms with E-state index in [1.807, 2.05) is 0 Å². The second-order valence-electron chi connectivity index (χ2n) is 4.88. The van der Waals surface area contributed by atoms with Crippen molar-refractivity contribution >= 4 is 10.8 Å². The van der Waals surface area contributed by atoms with Gasteiger partial charge in [-0.25, -0.2) is 0 Å². The quantitative estimate of drug-likeness (QED) is 0.844. The predicted octanol–water partition coefficient (Wildman–Crippen LogP) is 3.99. The first-order chi connectivity index (χ1) is 9.84. The maximum Gasteiger partial charge on any atom is 0.416 e. The van der Waals surface area contributed by atoms with Crippen LogP contribution in [0.3, 0.4) is 0 Å². The second-order valence-corrected chi connectivity index (χ2v) is 6.59. The molecule has 0 radical (unpaired) electrons. The molecule has 2 nitrogen and oxygen atoms in total. The number of aromatic nitrogens is 1. The van der Waals surface area contributed by atoms with Crippen LogP contribution in [-0.2, 0) is 10.8 Å². The summed E-state index contributed by atoms with van der Waals surface area (Å²) < 4.78 is 50.2. The van der Waals surface area contributed by atoms with E-state index in [2.05, 4.69) is 4.98 Å². The van der Waals surface area contributed by atoms with Crippen molar-refractivity contribution in [2.75, 3.05) is 5.75 Å². The first kappa shape index (κ1) is 15.9. The van der Waals surface area contributed by atoms with Gasteiger partial charge in [0, 0.05) is 17.9 Å². The van der Waals surface area contributed by atoms with Crippen LogP contribution in [0.25, 0.3) is 0 Å².